The number of halogens is 3. The third kappa shape index (κ3) is 6.39. The van der Waals surface area contributed by atoms with Crippen molar-refractivity contribution in [1.82, 2.24) is 15.0 Å². The summed E-state index contributed by atoms with van der Waals surface area (Å²) in [7, 11) is 0. The van der Waals surface area contributed by atoms with Crippen LogP contribution in [-0.2, 0) is 15.7 Å². The molecule has 1 aliphatic heterocycles. The molecule has 3 heterocycles. The van der Waals surface area contributed by atoms with Gasteiger partial charge in [0, 0.05) is 18.0 Å². The van der Waals surface area contributed by atoms with E-state index in [0.717, 1.165) is 12.1 Å². The number of aromatic nitrogens is 3. The SMILES string of the molecule is C[C@H](Nc1nccc(N2C(=O)OC[C@@H]2[C@@H](C)OC(C)(C)C)n1)c1ccc(-c2cccc(C(F)(F)F)c2)cn1. The van der Waals surface area contributed by atoms with Crippen LogP contribution in [0.1, 0.15) is 51.9 Å². The first-order chi connectivity index (χ1) is 17.8. The molecule has 8 nitrogen and oxygen atoms in total. The Kier molecular flexibility index (Phi) is 7.59. The second kappa shape index (κ2) is 10.6. The second-order valence-corrected chi connectivity index (χ2v) is 10.1. The zero-order valence-corrected chi connectivity index (χ0v) is 21.8. The van der Waals surface area contributed by atoms with Crippen molar-refractivity contribution < 1.29 is 27.4 Å². The van der Waals surface area contributed by atoms with E-state index in [1.165, 1.54) is 17.2 Å². The molecule has 3 aromatic rings. The number of nitrogens with one attached hydrogen (secondary N) is 1. The molecule has 0 saturated carbocycles. The molecule has 1 N–H and O–H groups in total. The average molecular weight is 530 g/mol. The molecule has 1 amide bonds. The fourth-order valence-corrected chi connectivity index (χ4v) is 4.21. The topological polar surface area (TPSA) is 89.5 Å². The minimum Gasteiger partial charge on any atom is -0.447 e. The molecule has 1 aromatic carbocycles. The molecule has 0 unspecified atom stereocenters. The lowest BCUT2D eigenvalue weighted by Crippen LogP contribution is -2.45. The third-order valence-electron chi connectivity index (χ3n) is 5.97. The number of nitrogens with zero attached hydrogens (tertiary/aromatic N) is 4. The van der Waals surface area contributed by atoms with Crippen LogP contribution in [0.15, 0.2) is 54.9 Å². The summed E-state index contributed by atoms with van der Waals surface area (Å²) in [4.78, 5) is 27.2. The van der Waals surface area contributed by atoms with Gasteiger partial charge in [-0.2, -0.15) is 18.2 Å². The van der Waals surface area contributed by atoms with Crippen LogP contribution in [0, 0.1) is 0 Å². The van der Waals surface area contributed by atoms with E-state index in [1.807, 2.05) is 34.6 Å². The molecule has 202 valence electrons. The quantitative estimate of drug-likeness (QED) is 0.386. The number of alkyl halides is 3. The van der Waals surface area contributed by atoms with Gasteiger partial charge in [-0.3, -0.25) is 9.88 Å². The Morgan fingerprint density at radius 1 is 1.08 bits per heavy atom. The predicted molar refractivity (Wildman–Crippen MR) is 137 cm³/mol. The summed E-state index contributed by atoms with van der Waals surface area (Å²) in [6.45, 7) is 9.76. The van der Waals surface area contributed by atoms with Gasteiger partial charge in [-0.1, -0.05) is 18.2 Å². The smallest absolute Gasteiger partial charge is 0.416 e. The van der Waals surface area contributed by atoms with Crippen LogP contribution >= 0.6 is 0 Å². The normalized spacial score (nSPS) is 17.7. The van der Waals surface area contributed by atoms with Gasteiger partial charge in [0.05, 0.1) is 29.0 Å². The highest BCUT2D eigenvalue weighted by atomic mass is 19.4. The number of cyclic esters (lactones) is 1. The fraction of sp³-hybridized carbons (Fsp3) is 0.407. The predicted octanol–water partition coefficient (Wildman–Crippen LogP) is 6.26. The van der Waals surface area contributed by atoms with E-state index < -0.39 is 23.4 Å². The van der Waals surface area contributed by atoms with Crippen LogP contribution in [0.2, 0.25) is 0 Å². The van der Waals surface area contributed by atoms with Gasteiger partial charge < -0.3 is 14.8 Å². The Morgan fingerprint density at radius 3 is 2.50 bits per heavy atom. The monoisotopic (exact) mass is 529 g/mol. The maximum atomic E-state index is 13.1. The molecule has 2 aromatic heterocycles. The van der Waals surface area contributed by atoms with E-state index in [1.54, 1.807) is 30.5 Å². The zero-order chi connectivity index (χ0) is 27.7. The van der Waals surface area contributed by atoms with Crippen LogP contribution in [0.25, 0.3) is 11.1 Å². The number of carbonyl (C=O) groups is 1. The van der Waals surface area contributed by atoms with Gasteiger partial charge in [0.2, 0.25) is 5.95 Å². The van der Waals surface area contributed by atoms with Gasteiger partial charge in [0.25, 0.3) is 0 Å². The summed E-state index contributed by atoms with van der Waals surface area (Å²) in [6, 6.07) is 9.51. The number of hydrogen-bond donors (Lipinski definition) is 1. The van der Waals surface area contributed by atoms with E-state index >= 15 is 0 Å². The first-order valence-electron chi connectivity index (χ1n) is 12.2. The van der Waals surface area contributed by atoms with Crippen molar-refractivity contribution in [1.29, 1.82) is 0 Å². The van der Waals surface area contributed by atoms with Gasteiger partial charge >= 0.3 is 12.3 Å². The van der Waals surface area contributed by atoms with Crippen LogP contribution in [0.5, 0.6) is 0 Å². The summed E-state index contributed by atoms with van der Waals surface area (Å²) < 4.78 is 50.5. The minimum absolute atomic E-state index is 0.182. The van der Waals surface area contributed by atoms with Crippen molar-refractivity contribution in [2.45, 2.75) is 64.6 Å². The molecule has 0 radical (unpaired) electrons. The van der Waals surface area contributed by atoms with Gasteiger partial charge in [-0.25, -0.2) is 9.78 Å². The first-order valence-corrected chi connectivity index (χ1v) is 12.2. The molecule has 0 bridgehead atoms. The zero-order valence-electron chi connectivity index (χ0n) is 21.8. The minimum atomic E-state index is -4.42. The molecule has 1 aliphatic rings. The molecule has 0 aliphatic carbocycles. The van der Waals surface area contributed by atoms with Gasteiger partial charge in [0.1, 0.15) is 18.5 Å². The average Bonchev–Trinajstić information content (AvgIpc) is 3.24. The lowest BCUT2D eigenvalue weighted by atomic mass is 10.0. The van der Waals surface area contributed by atoms with Gasteiger partial charge in [0.15, 0.2) is 0 Å². The summed E-state index contributed by atoms with van der Waals surface area (Å²) in [5.41, 5.74) is 0.520. The number of amides is 1. The van der Waals surface area contributed by atoms with Crippen molar-refractivity contribution >= 4 is 17.9 Å². The summed E-state index contributed by atoms with van der Waals surface area (Å²) in [6.07, 6.45) is -2.16. The Bertz CT molecular complexity index is 1280. The number of rotatable bonds is 7. The van der Waals surface area contributed by atoms with Crippen molar-refractivity contribution in [3.63, 3.8) is 0 Å². The van der Waals surface area contributed by atoms with Crippen LogP contribution in [0.4, 0.5) is 29.7 Å². The lowest BCUT2D eigenvalue weighted by Gasteiger charge is -2.31. The van der Waals surface area contributed by atoms with Crippen molar-refractivity contribution in [2.75, 3.05) is 16.8 Å². The number of pyridine rings is 1. The van der Waals surface area contributed by atoms with Crippen LogP contribution < -0.4 is 10.2 Å². The molecule has 3 atom stereocenters. The second-order valence-electron chi connectivity index (χ2n) is 10.1. The molecule has 0 spiro atoms. The summed E-state index contributed by atoms with van der Waals surface area (Å²) >= 11 is 0. The van der Waals surface area contributed by atoms with E-state index in [9.17, 15) is 18.0 Å². The Hall–Kier alpha value is -3.73. The molecular formula is C27H30F3N5O3. The number of hydrogen-bond acceptors (Lipinski definition) is 7. The highest BCUT2D eigenvalue weighted by molar-refractivity contribution is 5.89. The van der Waals surface area contributed by atoms with Crippen LogP contribution in [-0.4, -0.2) is 45.4 Å². The molecular weight excluding hydrogens is 499 g/mol. The summed E-state index contributed by atoms with van der Waals surface area (Å²) in [5, 5.41) is 3.16. The van der Waals surface area contributed by atoms with E-state index in [0.29, 0.717) is 22.6 Å². The van der Waals surface area contributed by atoms with Crippen molar-refractivity contribution in [2.24, 2.45) is 0 Å². The highest BCUT2D eigenvalue weighted by Gasteiger charge is 2.40. The Morgan fingerprint density at radius 2 is 1.84 bits per heavy atom. The van der Waals surface area contributed by atoms with E-state index in [2.05, 4.69) is 20.3 Å². The number of benzene rings is 1. The highest BCUT2D eigenvalue weighted by Crippen LogP contribution is 2.32. The molecule has 1 saturated heterocycles. The first kappa shape index (κ1) is 27.3. The lowest BCUT2D eigenvalue weighted by molar-refractivity contribution is -0.137. The van der Waals surface area contributed by atoms with Crippen molar-refractivity contribution in [3.8, 4) is 11.1 Å². The maximum Gasteiger partial charge on any atom is 0.416 e. The third-order valence-corrected chi connectivity index (χ3v) is 5.97. The van der Waals surface area contributed by atoms with Gasteiger partial charge in [-0.05, 0) is 64.4 Å². The number of anilines is 2. The van der Waals surface area contributed by atoms with E-state index in [-0.39, 0.29) is 30.7 Å². The molecule has 11 heteroatoms. The fourth-order valence-electron chi connectivity index (χ4n) is 4.21. The molecule has 38 heavy (non-hydrogen) atoms. The largest absolute Gasteiger partial charge is 0.447 e. The number of ether oxygens (including phenoxy) is 2. The van der Waals surface area contributed by atoms with Crippen LogP contribution in [0.3, 0.4) is 0 Å². The molecule has 4 rings (SSSR count). The number of carbonyl (C=O) groups excluding carboxylic acids is 1. The Balaban J connectivity index is 1.48. The van der Waals surface area contributed by atoms with Gasteiger partial charge in [-0.15, -0.1) is 0 Å². The molecule has 1 fully saturated rings. The van der Waals surface area contributed by atoms with Crippen molar-refractivity contribution in [3.05, 3.63) is 66.1 Å². The maximum absolute atomic E-state index is 13.1. The Labute approximate surface area is 219 Å². The summed E-state index contributed by atoms with van der Waals surface area (Å²) in [5.74, 6) is 0.654. The van der Waals surface area contributed by atoms with E-state index in [4.69, 9.17) is 9.47 Å². The standard InChI is InChI=1S/C27H30F3N5O3/c1-16(21-10-9-19(14-32-21)18-7-6-8-20(13-18)27(28,29)30)33-24-31-12-11-23(34-24)35-22(15-37-25(35)36)17(2)38-26(3,4)5/h6-14,16-17,22H,15H2,1-5H3,(H,31,33,34)/t16-,17+,22+/m0/s1.